The Morgan fingerprint density at radius 2 is 2.13 bits per heavy atom. The summed E-state index contributed by atoms with van der Waals surface area (Å²) in [4.78, 5) is 33.5. The number of amides is 2. The van der Waals surface area contributed by atoms with E-state index >= 15 is 0 Å². The quantitative estimate of drug-likeness (QED) is 0.686. The highest BCUT2D eigenvalue weighted by Gasteiger charge is 2.61. The zero-order chi connectivity index (χ0) is 20.5. The van der Waals surface area contributed by atoms with Crippen LogP contribution in [-0.4, -0.2) is 43.0 Å². The van der Waals surface area contributed by atoms with Crippen molar-refractivity contribution in [3.05, 3.63) is 65.0 Å². The first kappa shape index (κ1) is 17.4. The number of fused-ring (bicyclic) bond motifs is 3. The number of carbonyl (C=O) groups is 2. The van der Waals surface area contributed by atoms with Crippen LogP contribution in [0, 0.1) is 0 Å². The summed E-state index contributed by atoms with van der Waals surface area (Å²) >= 11 is 0. The molecule has 3 aromatic rings. The molecule has 3 aliphatic rings. The molecule has 152 valence electrons. The van der Waals surface area contributed by atoms with Crippen molar-refractivity contribution in [2.24, 2.45) is 7.05 Å². The maximum absolute atomic E-state index is 13.7. The number of hydrogen-bond acceptors (Lipinski definition) is 4. The number of aromatic nitrogens is 4. The van der Waals surface area contributed by atoms with Gasteiger partial charge in [0.05, 0.1) is 0 Å². The lowest BCUT2D eigenvalue weighted by molar-refractivity contribution is -0.121. The molecule has 30 heavy (non-hydrogen) atoms. The predicted octanol–water partition coefficient (Wildman–Crippen LogP) is 2.11. The standard InChI is InChI=1S/C22H22N6O2/c1-27-12-10-23-19(27)18-22(14-6-2-3-7-16(14)24-21(22)30)9-11-28(18)20(29)17-13-5-4-8-15(13)25-26-17/h2-3,6-7,10,12,18H,4-5,8-9,11H2,1H3,(H,24,30)(H,25,26)/t18-,22+/m0/s1. The fourth-order valence-electron chi connectivity index (χ4n) is 5.54. The summed E-state index contributed by atoms with van der Waals surface area (Å²) in [6.45, 7) is 0.472. The third kappa shape index (κ3) is 2.10. The lowest BCUT2D eigenvalue weighted by atomic mass is 9.74. The van der Waals surface area contributed by atoms with Crippen LogP contribution in [-0.2, 0) is 30.1 Å². The average molecular weight is 402 g/mol. The number of likely N-dealkylation sites (tertiary alicyclic amines) is 1. The van der Waals surface area contributed by atoms with Crippen molar-refractivity contribution in [1.82, 2.24) is 24.6 Å². The number of aromatic amines is 1. The zero-order valence-corrected chi connectivity index (χ0v) is 16.7. The molecule has 8 nitrogen and oxygen atoms in total. The SMILES string of the molecule is Cn1ccnc1[C@@H]1N(C(=O)c2n[nH]c3c2CCC3)CC[C@]12C(=O)Nc1ccccc12. The number of nitrogens with zero attached hydrogens (tertiary/aromatic N) is 4. The maximum atomic E-state index is 13.7. The third-order valence-electron chi connectivity index (χ3n) is 6.96. The molecule has 0 unspecified atom stereocenters. The predicted molar refractivity (Wildman–Crippen MR) is 109 cm³/mol. The summed E-state index contributed by atoms with van der Waals surface area (Å²) in [5.74, 6) is 0.510. The summed E-state index contributed by atoms with van der Waals surface area (Å²) < 4.78 is 1.90. The third-order valence-corrected chi connectivity index (χ3v) is 6.96. The number of benzene rings is 1. The first-order chi connectivity index (χ1) is 14.6. The Morgan fingerprint density at radius 3 is 2.97 bits per heavy atom. The summed E-state index contributed by atoms with van der Waals surface area (Å²) in [5.41, 5.74) is 3.47. The van der Waals surface area contributed by atoms with E-state index in [1.165, 1.54) is 0 Å². The van der Waals surface area contributed by atoms with Crippen LogP contribution in [0.3, 0.4) is 0 Å². The highest BCUT2D eigenvalue weighted by molar-refractivity contribution is 6.08. The Balaban J connectivity index is 1.51. The van der Waals surface area contributed by atoms with Crippen molar-refractivity contribution in [2.75, 3.05) is 11.9 Å². The first-order valence-corrected chi connectivity index (χ1v) is 10.4. The molecule has 2 atom stereocenters. The molecule has 1 aromatic carbocycles. The molecule has 4 heterocycles. The fourth-order valence-corrected chi connectivity index (χ4v) is 5.54. The largest absolute Gasteiger partial charge is 0.336 e. The van der Waals surface area contributed by atoms with E-state index < -0.39 is 11.5 Å². The van der Waals surface area contributed by atoms with Crippen LogP contribution in [0.2, 0.25) is 0 Å². The van der Waals surface area contributed by atoms with Crippen LogP contribution in [0.15, 0.2) is 36.7 Å². The number of aryl methyl sites for hydroxylation is 2. The van der Waals surface area contributed by atoms with Crippen molar-refractivity contribution in [3.8, 4) is 0 Å². The van der Waals surface area contributed by atoms with E-state index in [-0.39, 0.29) is 11.8 Å². The molecule has 1 spiro atoms. The van der Waals surface area contributed by atoms with Gasteiger partial charge < -0.3 is 14.8 Å². The summed E-state index contributed by atoms with van der Waals surface area (Å²) in [6, 6.07) is 7.27. The molecule has 2 amide bonds. The summed E-state index contributed by atoms with van der Waals surface area (Å²) in [5, 5.41) is 10.4. The van der Waals surface area contributed by atoms with Gasteiger partial charge in [-0.15, -0.1) is 0 Å². The van der Waals surface area contributed by atoms with Crippen LogP contribution in [0.5, 0.6) is 0 Å². The number of hydrogen-bond donors (Lipinski definition) is 2. The fraction of sp³-hybridized carbons (Fsp3) is 0.364. The van der Waals surface area contributed by atoms with Gasteiger partial charge in [0.2, 0.25) is 5.91 Å². The van der Waals surface area contributed by atoms with Crippen molar-refractivity contribution < 1.29 is 9.59 Å². The Hall–Kier alpha value is -3.42. The summed E-state index contributed by atoms with van der Waals surface area (Å²) in [7, 11) is 1.90. The average Bonchev–Trinajstić information content (AvgIpc) is 3.53. The molecule has 6 rings (SSSR count). The molecule has 2 aliphatic heterocycles. The van der Waals surface area contributed by atoms with Gasteiger partial charge in [0.25, 0.3) is 5.91 Å². The molecule has 0 radical (unpaired) electrons. The van der Waals surface area contributed by atoms with E-state index in [0.717, 1.165) is 41.8 Å². The van der Waals surface area contributed by atoms with Crippen molar-refractivity contribution in [3.63, 3.8) is 0 Å². The van der Waals surface area contributed by atoms with Gasteiger partial charge >= 0.3 is 0 Å². The number of imidazole rings is 1. The second-order valence-corrected chi connectivity index (χ2v) is 8.40. The molecular formula is C22H22N6O2. The number of nitrogens with one attached hydrogen (secondary N) is 2. The minimum Gasteiger partial charge on any atom is -0.336 e. The minimum atomic E-state index is -0.856. The topological polar surface area (TPSA) is 95.9 Å². The second-order valence-electron chi connectivity index (χ2n) is 8.40. The van der Waals surface area contributed by atoms with E-state index in [1.54, 1.807) is 11.1 Å². The Labute approximate surface area is 173 Å². The van der Waals surface area contributed by atoms with Gasteiger partial charge in [-0.05, 0) is 37.3 Å². The van der Waals surface area contributed by atoms with Crippen LogP contribution in [0.25, 0.3) is 0 Å². The molecule has 8 heteroatoms. The van der Waals surface area contributed by atoms with Gasteiger partial charge in [0, 0.05) is 42.9 Å². The van der Waals surface area contributed by atoms with Gasteiger partial charge in [0.15, 0.2) is 5.69 Å². The van der Waals surface area contributed by atoms with Gasteiger partial charge in [-0.2, -0.15) is 5.10 Å². The molecule has 1 aliphatic carbocycles. The molecule has 0 saturated carbocycles. The number of H-pyrrole nitrogens is 1. The number of anilines is 1. The van der Waals surface area contributed by atoms with E-state index in [1.807, 2.05) is 42.1 Å². The summed E-state index contributed by atoms with van der Waals surface area (Å²) in [6.07, 6.45) is 6.95. The highest BCUT2D eigenvalue weighted by Crippen LogP contribution is 2.54. The van der Waals surface area contributed by atoms with E-state index in [0.29, 0.717) is 24.5 Å². The molecule has 2 aromatic heterocycles. The maximum Gasteiger partial charge on any atom is 0.275 e. The minimum absolute atomic E-state index is 0.0701. The number of rotatable bonds is 2. The molecule has 0 bridgehead atoms. The van der Waals surface area contributed by atoms with Gasteiger partial charge in [-0.25, -0.2) is 4.98 Å². The van der Waals surface area contributed by atoms with Gasteiger partial charge in [-0.1, -0.05) is 18.2 Å². The van der Waals surface area contributed by atoms with Crippen molar-refractivity contribution in [1.29, 1.82) is 0 Å². The molecule has 2 N–H and O–H groups in total. The molecule has 1 saturated heterocycles. The van der Waals surface area contributed by atoms with E-state index in [4.69, 9.17) is 0 Å². The Bertz CT molecular complexity index is 1190. The van der Waals surface area contributed by atoms with Crippen LogP contribution >= 0.6 is 0 Å². The first-order valence-electron chi connectivity index (χ1n) is 10.4. The number of para-hydroxylation sites is 1. The smallest absolute Gasteiger partial charge is 0.275 e. The monoisotopic (exact) mass is 402 g/mol. The number of carbonyl (C=O) groups excluding carboxylic acids is 2. The van der Waals surface area contributed by atoms with Crippen LogP contribution in [0.4, 0.5) is 5.69 Å². The normalized spacial score (nSPS) is 24.4. The Morgan fingerprint density at radius 1 is 1.27 bits per heavy atom. The lowest BCUT2D eigenvalue weighted by Crippen LogP contribution is -2.44. The van der Waals surface area contributed by atoms with Crippen molar-refractivity contribution in [2.45, 2.75) is 37.1 Å². The van der Waals surface area contributed by atoms with Gasteiger partial charge in [-0.3, -0.25) is 14.7 Å². The molecular weight excluding hydrogens is 380 g/mol. The van der Waals surface area contributed by atoms with Crippen molar-refractivity contribution >= 4 is 17.5 Å². The highest BCUT2D eigenvalue weighted by atomic mass is 16.2. The molecule has 1 fully saturated rings. The van der Waals surface area contributed by atoms with Crippen LogP contribution < -0.4 is 5.32 Å². The Kier molecular flexibility index (Phi) is 3.51. The second kappa shape index (κ2) is 6.04. The lowest BCUT2D eigenvalue weighted by Gasteiger charge is -2.33. The van der Waals surface area contributed by atoms with Gasteiger partial charge in [0.1, 0.15) is 17.3 Å². The van der Waals surface area contributed by atoms with E-state index in [9.17, 15) is 9.59 Å². The van der Waals surface area contributed by atoms with Crippen LogP contribution in [0.1, 0.15) is 52.0 Å². The zero-order valence-electron chi connectivity index (χ0n) is 16.7. The van der Waals surface area contributed by atoms with E-state index in [2.05, 4.69) is 20.5 Å².